The van der Waals surface area contributed by atoms with Crippen molar-refractivity contribution in [1.82, 2.24) is 0 Å². The van der Waals surface area contributed by atoms with Gasteiger partial charge in [0.15, 0.2) is 0 Å². The molecule has 1 N–H and O–H groups in total. The maximum atomic E-state index is 12.1. The quantitative estimate of drug-likeness (QED) is 0.614. The first-order valence-electron chi connectivity index (χ1n) is 6.26. The van der Waals surface area contributed by atoms with Crippen molar-refractivity contribution in [3.63, 3.8) is 0 Å². The number of thioether (sulfide) groups is 1. The average molecular weight is 271 g/mol. The lowest BCUT2D eigenvalue weighted by Crippen LogP contribution is -2.28. The monoisotopic (exact) mass is 271 g/mol. The molecule has 0 atom stereocenters. The molecule has 1 aliphatic heterocycles. The standard InChI is InChI=1S/C13H21NO3S/c1-5-7-9(14-17-6-2)11-10(15)8-13(3,4)18-12(11)16/h15H,5-8H2,1-4H3. The molecule has 4 nitrogen and oxygen atoms in total. The maximum absolute atomic E-state index is 12.1. The van der Waals surface area contributed by atoms with Gasteiger partial charge in [-0.1, -0.05) is 30.3 Å². The van der Waals surface area contributed by atoms with Gasteiger partial charge in [0, 0.05) is 11.2 Å². The Morgan fingerprint density at radius 1 is 1.50 bits per heavy atom. The maximum Gasteiger partial charge on any atom is 0.225 e. The molecule has 1 aliphatic rings. The van der Waals surface area contributed by atoms with Gasteiger partial charge < -0.3 is 9.94 Å². The zero-order valence-corrected chi connectivity index (χ0v) is 12.3. The van der Waals surface area contributed by atoms with E-state index >= 15 is 0 Å². The lowest BCUT2D eigenvalue weighted by molar-refractivity contribution is -0.107. The topological polar surface area (TPSA) is 58.9 Å². The Morgan fingerprint density at radius 3 is 2.67 bits per heavy atom. The Morgan fingerprint density at radius 2 is 2.17 bits per heavy atom. The van der Waals surface area contributed by atoms with Crippen LogP contribution in [-0.2, 0) is 9.63 Å². The van der Waals surface area contributed by atoms with Gasteiger partial charge in [0.2, 0.25) is 5.12 Å². The summed E-state index contributed by atoms with van der Waals surface area (Å²) in [5, 5.41) is 13.9. The highest BCUT2D eigenvalue weighted by Crippen LogP contribution is 2.39. The van der Waals surface area contributed by atoms with Crippen molar-refractivity contribution in [2.75, 3.05) is 6.61 Å². The molecule has 0 spiro atoms. The number of nitrogens with zero attached hydrogens (tertiary/aromatic N) is 1. The number of carbonyl (C=O) groups is 1. The highest BCUT2D eigenvalue weighted by atomic mass is 32.2. The number of oxime groups is 1. The molecule has 18 heavy (non-hydrogen) atoms. The Balaban J connectivity index is 3.07. The van der Waals surface area contributed by atoms with E-state index in [9.17, 15) is 9.90 Å². The van der Waals surface area contributed by atoms with Crippen LogP contribution in [0.3, 0.4) is 0 Å². The van der Waals surface area contributed by atoms with Gasteiger partial charge >= 0.3 is 0 Å². The highest BCUT2D eigenvalue weighted by Gasteiger charge is 2.35. The lowest BCUT2D eigenvalue weighted by atomic mass is 9.99. The lowest BCUT2D eigenvalue weighted by Gasteiger charge is -2.28. The Labute approximate surface area is 112 Å². The zero-order chi connectivity index (χ0) is 13.8. The molecule has 0 radical (unpaired) electrons. The molecule has 5 heteroatoms. The molecule has 0 unspecified atom stereocenters. The van der Waals surface area contributed by atoms with Crippen LogP contribution < -0.4 is 0 Å². The van der Waals surface area contributed by atoms with Crippen LogP contribution in [0.2, 0.25) is 0 Å². The third-order valence-electron chi connectivity index (χ3n) is 2.53. The van der Waals surface area contributed by atoms with Crippen LogP contribution in [0.4, 0.5) is 0 Å². The smallest absolute Gasteiger partial charge is 0.225 e. The summed E-state index contributed by atoms with van der Waals surface area (Å²) >= 11 is 1.25. The Hall–Kier alpha value is -0.970. The van der Waals surface area contributed by atoms with E-state index in [2.05, 4.69) is 5.16 Å². The van der Waals surface area contributed by atoms with Crippen molar-refractivity contribution in [2.24, 2.45) is 5.16 Å². The summed E-state index contributed by atoms with van der Waals surface area (Å²) in [5.74, 6) is 0.135. The number of aliphatic hydroxyl groups excluding tert-OH is 1. The van der Waals surface area contributed by atoms with E-state index < -0.39 is 0 Å². The van der Waals surface area contributed by atoms with Gasteiger partial charge in [0.05, 0.1) is 11.3 Å². The van der Waals surface area contributed by atoms with Crippen molar-refractivity contribution in [3.8, 4) is 0 Å². The molecule has 0 saturated heterocycles. The second-order valence-corrected chi connectivity index (χ2v) is 6.53. The van der Waals surface area contributed by atoms with Crippen molar-refractivity contribution in [2.45, 2.75) is 51.7 Å². The summed E-state index contributed by atoms with van der Waals surface area (Å²) in [6, 6.07) is 0. The summed E-state index contributed by atoms with van der Waals surface area (Å²) in [5.41, 5.74) is 0.902. The fraction of sp³-hybridized carbons (Fsp3) is 0.692. The van der Waals surface area contributed by atoms with E-state index in [0.29, 0.717) is 30.7 Å². The summed E-state index contributed by atoms with van der Waals surface area (Å²) < 4.78 is -0.256. The predicted molar refractivity (Wildman–Crippen MR) is 74.9 cm³/mol. The van der Waals surface area contributed by atoms with Crippen molar-refractivity contribution in [1.29, 1.82) is 0 Å². The fourth-order valence-electron chi connectivity index (χ4n) is 1.83. The van der Waals surface area contributed by atoms with Crippen LogP contribution in [0.15, 0.2) is 16.5 Å². The second-order valence-electron chi connectivity index (χ2n) is 4.85. The molecule has 0 aliphatic carbocycles. The first-order valence-corrected chi connectivity index (χ1v) is 7.07. The molecular formula is C13H21NO3S. The van der Waals surface area contributed by atoms with E-state index in [0.717, 1.165) is 6.42 Å². The van der Waals surface area contributed by atoms with Crippen LogP contribution in [0.25, 0.3) is 0 Å². The number of allylic oxidation sites excluding steroid dienone is 1. The van der Waals surface area contributed by atoms with Crippen LogP contribution >= 0.6 is 11.8 Å². The predicted octanol–water partition coefficient (Wildman–Crippen LogP) is 3.43. The summed E-state index contributed by atoms with van der Waals surface area (Å²) in [6.45, 7) is 8.18. The summed E-state index contributed by atoms with van der Waals surface area (Å²) in [6.07, 6.45) is 1.96. The average Bonchev–Trinajstić information content (AvgIpc) is 2.23. The minimum Gasteiger partial charge on any atom is -0.511 e. The number of hydrogen-bond acceptors (Lipinski definition) is 5. The van der Waals surface area contributed by atoms with E-state index in [1.54, 1.807) is 0 Å². The molecule has 0 bridgehead atoms. The third kappa shape index (κ3) is 3.77. The van der Waals surface area contributed by atoms with Gasteiger partial charge in [0.25, 0.3) is 0 Å². The number of aliphatic hydroxyl groups is 1. The van der Waals surface area contributed by atoms with Crippen LogP contribution in [-0.4, -0.2) is 27.3 Å². The SMILES string of the molecule is CCCC(=NOCC)C1=C(O)CC(C)(C)SC1=O. The highest BCUT2D eigenvalue weighted by molar-refractivity contribution is 8.15. The molecule has 0 aromatic rings. The normalized spacial score (nSPS) is 20.2. The van der Waals surface area contributed by atoms with E-state index in [-0.39, 0.29) is 15.6 Å². The van der Waals surface area contributed by atoms with Gasteiger partial charge in [-0.15, -0.1) is 0 Å². The minimum absolute atomic E-state index is 0.115. The van der Waals surface area contributed by atoms with Crippen molar-refractivity contribution in [3.05, 3.63) is 11.3 Å². The third-order valence-corrected chi connectivity index (χ3v) is 3.62. The minimum atomic E-state index is -0.256. The first kappa shape index (κ1) is 15.1. The van der Waals surface area contributed by atoms with Gasteiger partial charge in [-0.2, -0.15) is 0 Å². The van der Waals surface area contributed by atoms with Gasteiger partial charge in [-0.3, -0.25) is 4.79 Å². The Bertz CT molecular complexity index is 386. The zero-order valence-electron chi connectivity index (χ0n) is 11.4. The molecule has 0 amide bonds. The van der Waals surface area contributed by atoms with Crippen LogP contribution in [0.1, 0.15) is 47.0 Å². The molecular weight excluding hydrogens is 250 g/mol. The van der Waals surface area contributed by atoms with Gasteiger partial charge in [-0.25, -0.2) is 0 Å². The van der Waals surface area contributed by atoms with Crippen molar-refractivity contribution >= 4 is 22.6 Å². The van der Waals surface area contributed by atoms with E-state index in [1.807, 2.05) is 27.7 Å². The largest absolute Gasteiger partial charge is 0.511 e. The van der Waals surface area contributed by atoms with Crippen molar-refractivity contribution < 1.29 is 14.7 Å². The van der Waals surface area contributed by atoms with E-state index in [1.165, 1.54) is 11.8 Å². The van der Waals surface area contributed by atoms with Crippen LogP contribution in [0.5, 0.6) is 0 Å². The number of hydrogen-bond donors (Lipinski definition) is 1. The second kappa shape index (κ2) is 6.27. The molecule has 102 valence electrons. The van der Waals surface area contributed by atoms with Crippen LogP contribution in [0, 0.1) is 0 Å². The number of rotatable bonds is 5. The summed E-state index contributed by atoms with van der Waals surface area (Å²) in [4.78, 5) is 17.1. The number of carbonyl (C=O) groups excluding carboxylic acids is 1. The van der Waals surface area contributed by atoms with E-state index in [4.69, 9.17) is 4.84 Å². The molecule has 0 fully saturated rings. The van der Waals surface area contributed by atoms with Gasteiger partial charge in [-0.05, 0) is 27.2 Å². The fourth-order valence-corrected chi connectivity index (χ4v) is 2.88. The molecule has 0 aromatic carbocycles. The van der Waals surface area contributed by atoms with Gasteiger partial charge in [0.1, 0.15) is 12.4 Å². The molecule has 0 aromatic heterocycles. The molecule has 1 rings (SSSR count). The molecule has 0 saturated carbocycles. The molecule has 1 heterocycles. The summed E-state index contributed by atoms with van der Waals surface area (Å²) in [7, 11) is 0. The first-order chi connectivity index (χ1) is 8.41. The Kier molecular flexibility index (Phi) is 5.26.